The smallest absolute Gasteiger partial charge is 0.284 e. The lowest BCUT2D eigenvalue weighted by molar-refractivity contribution is 0.404. The van der Waals surface area contributed by atoms with Crippen molar-refractivity contribution in [3.63, 3.8) is 0 Å². The molecular formula is C13H6F6O6S2. The summed E-state index contributed by atoms with van der Waals surface area (Å²) in [6.07, 6.45) is 0. The van der Waals surface area contributed by atoms with Crippen molar-refractivity contribution in [3.8, 4) is 0 Å². The molecular weight excluding hydrogens is 430 g/mol. The molecule has 0 radical (unpaired) electrons. The van der Waals surface area contributed by atoms with Crippen LogP contribution in [0.15, 0.2) is 24.3 Å². The van der Waals surface area contributed by atoms with Crippen molar-refractivity contribution in [2.75, 3.05) is 0 Å². The fourth-order valence-corrected chi connectivity index (χ4v) is 5.20. The van der Waals surface area contributed by atoms with Gasteiger partial charge in [0.1, 0.15) is 0 Å². The molecule has 0 spiro atoms. The van der Waals surface area contributed by atoms with Crippen molar-refractivity contribution in [2.24, 2.45) is 0 Å². The third-order valence-electron chi connectivity index (χ3n) is 3.51. The normalized spacial score (nSPS) is 13.0. The van der Waals surface area contributed by atoms with Crippen LogP contribution < -0.4 is 0 Å². The van der Waals surface area contributed by atoms with Crippen LogP contribution in [0, 0.1) is 34.9 Å². The molecule has 27 heavy (non-hydrogen) atoms. The van der Waals surface area contributed by atoms with Gasteiger partial charge in [-0.25, -0.2) is 26.3 Å². The lowest BCUT2D eigenvalue weighted by Crippen LogP contribution is -2.46. The molecule has 148 valence electrons. The quantitative estimate of drug-likeness (QED) is 0.433. The van der Waals surface area contributed by atoms with E-state index in [2.05, 4.69) is 0 Å². The summed E-state index contributed by atoms with van der Waals surface area (Å²) in [5.41, 5.74) is -4.01. The Balaban J connectivity index is 3.24. The van der Waals surface area contributed by atoms with Gasteiger partial charge in [0.25, 0.3) is 24.3 Å². The van der Waals surface area contributed by atoms with Crippen LogP contribution in [0.1, 0.15) is 11.1 Å². The van der Waals surface area contributed by atoms with Gasteiger partial charge in [0.05, 0.1) is 0 Å². The van der Waals surface area contributed by atoms with Crippen LogP contribution in [-0.4, -0.2) is 25.9 Å². The second kappa shape index (κ2) is 6.47. The van der Waals surface area contributed by atoms with Crippen LogP contribution in [0.2, 0.25) is 0 Å². The van der Waals surface area contributed by atoms with Crippen molar-refractivity contribution in [1.29, 1.82) is 0 Å². The molecule has 6 nitrogen and oxygen atoms in total. The van der Waals surface area contributed by atoms with Gasteiger partial charge < -0.3 is 0 Å². The Bertz CT molecular complexity index is 1050. The summed E-state index contributed by atoms with van der Waals surface area (Å²) in [6.45, 7) is 0. The Morgan fingerprint density at radius 1 is 0.593 bits per heavy atom. The van der Waals surface area contributed by atoms with Gasteiger partial charge in [-0.3, -0.25) is 9.11 Å². The third-order valence-corrected chi connectivity index (χ3v) is 7.10. The van der Waals surface area contributed by atoms with E-state index >= 15 is 0 Å². The highest BCUT2D eigenvalue weighted by Crippen LogP contribution is 2.45. The summed E-state index contributed by atoms with van der Waals surface area (Å²) in [6, 6.07) is -0.0980. The molecule has 0 atom stereocenters. The highest BCUT2D eigenvalue weighted by molar-refractivity contribution is 8.04. The minimum Gasteiger partial charge on any atom is -0.284 e. The fourth-order valence-electron chi connectivity index (χ4n) is 2.39. The Hall–Kier alpha value is -2.16. The van der Waals surface area contributed by atoms with Gasteiger partial charge in [-0.15, -0.1) is 0 Å². The summed E-state index contributed by atoms with van der Waals surface area (Å²) in [5.74, 6) is -13.9. The predicted octanol–water partition coefficient (Wildman–Crippen LogP) is 2.50. The Morgan fingerprint density at radius 3 is 1.15 bits per heavy atom. The first-order valence-electron chi connectivity index (χ1n) is 6.40. The van der Waals surface area contributed by atoms with E-state index in [1.54, 1.807) is 0 Å². The van der Waals surface area contributed by atoms with Gasteiger partial charge in [0.15, 0.2) is 34.9 Å². The molecule has 0 saturated carbocycles. The van der Waals surface area contributed by atoms with Gasteiger partial charge in [-0.1, -0.05) is 0 Å². The van der Waals surface area contributed by atoms with Crippen molar-refractivity contribution in [2.45, 2.75) is 4.08 Å². The van der Waals surface area contributed by atoms with Crippen LogP contribution in [-0.2, 0) is 24.3 Å². The zero-order chi connectivity index (χ0) is 20.9. The maximum Gasteiger partial charge on any atom is 0.296 e. The largest absolute Gasteiger partial charge is 0.296 e. The summed E-state index contributed by atoms with van der Waals surface area (Å²) in [7, 11) is -12.8. The molecule has 0 heterocycles. The first kappa shape index (κ1) is 21.1. The molecule has 0 unspecified atom stereocenters. The topological polar surface area (TPSA) is 109 Å². The first-order valence-corrected chi connectivity index (χ1v) is 9.28. The van der Waals surface area contributed by atoms with Gasteiger partial charge in [-0.05, 0) is 24.3 Å². The van der Waals surface area contributed by atoms with Crippen molar-refractivity contribution in [1.82, 2.24) is 0 Å². The number of hydrogen-bond acceptors (Lipinski definition) is 4. The molecule has 0 aromatic heterocycles. The second-order valence-electron chi connectivity index (χ2n) is 5.01. The lowest BCUT2D eigenvalue weighted by atomic mass is 10.0. The summed E-state index contributed by atoms with van der Waals surface area (Å²) < 4.78 is 143. The highest BCUT2D eigenvalue weighted by Gasteiger charge is 2.61. The zero-order valence-electron chi connectivity index (χ0n) is 12.4. The maximum atomic E-state index is 14.2. The van der Waals surface area contributed by atoms with Gasteiger partial charge >= 0.3 is 0 Å². The van der Waals surface area contributed by atoms with E-state index in [1.165, 1.54) is 0 Å². The predicted molar refractivity (Wildman–Crippen MR) is 76.5 cm³/mol. The number of rotatable bonds is 4. The average Bonchev–Trinajstić information content (AvgIpc) is 2.52. The molecule has 0 fully saturated rings. The Morgan fingerprint density at radius 2 is 0.889 bits per heavy atom. The number of halogens is 6. The SMILES string of the molecule is O=S(=O)(O)C(c1ccc(F)c(F)c1F)(c1ccc(F)c(F)c1F)S(=O)(=O)O. The van der Waals surface area contributed by atoms with E-state index in [1.807, 2.05) is 0 Å². The average molecular weight is 436 g/mol. The van der Waals surface area contributed by atoms with E-state index in [4.69, 9.17) is 0 Å². The van der Waals surface area contributed by atoms with Gasteiger partial charge in [0.2, 0.25) is 0 Å². The molecule has 0 saturated heterocycles. The minimum absolute atomic E-state index is 0.00333. The minimum atomic E-state index is -6.39. The van der Waals surface area contributed by atoms with E-state index in [9.17, 15) is 52.3 Å². The van der Waals surface area contributed by atoms with Crippen LogP contribution in [0.25, 0.3) is 0 Å². The van der Waals surface area contributed by atoms with Crippen LogP contribution in [0.3, 0.4) is 0 Å². The monoisotopic (exact) mass is 436 g/mol. The fraction of sp³-hybridized carbons (Fsp3) is 0.0769. The summed E-state index contributed by atoms with van der Waals surface area (Å²) in [4.78, 5) is 0. The summed E-state index contributed by atoms with van der Waals surface area (Å²) >= 11 is 0. The highest BCUT2D eigenvalue weighted by atomic mass is 32.3. The van der Waals surface area contributed by atoms with Crippen molar-refractivity contribution < 1.29 is 52.3 Å². The molecule has 0 bridgehead atoms. The molecule has 2 aromatic carbocycles. The second-order valence-corrected chi connectivity index (χ2v) is 8.40. The molecule has 0 aliphatic heterocycles. The lowest BCUT2D eigenvalue weighted by Gasteiger charge is -2.29. The number of hydrogen-bond donors (Lipinski definition) is 2. The molecule has 2 N–H and O–H groups in total. The van der Waals surface area contributed by atoms with Gasteiger partial charge in [0, 0.05) is 11.1 Å². The molecule has 14 heteroatoms. The van der Waals surface area contributed by atoms with Crippen LogP contribution >= 0.6 is 0 Å². The standard InChI is InChI=1S/C13H6F6O6S2/c14-7-3-1-5(9(16)11(7)18)13(26(20,21)22,27(23,24)25)6-2-4-8(15)12(19)10(6)17/h1-4H,(H,20,21,22)(H,23,24,25). The molecule has 2 aromatic rings. The Kier molecular flexibility index (Phi) is 5.07. The molecule has 2 rings (SSSR count). The van der Waals surface area contributed by atoms with Crippen molar-refractivity contribution >= 4 is 20.2 Å². The zero-order valence-corrected chi connectivity index (χ0v) is 14.1. The maximum absolute atomic E-state index is 14.2. The van der Waals surface area contributed by atoms with E-state index in [0.717, 1.165) is 0 Å². The Labute approximate surface area is 147 Å². The van der Waals surface area contributed by atoms with Crippen molar-refractivity contribution in [3.05, 3.63) is 70.3 Å². The first-order chi connectivity index (χ1) is 12.2. The van der Waals surface area contributed by atoms with E-state index in [-0.39, 0.29) is 24.3 Å². The molecule has 0 amide bonds. The van der Waals surface area contributed by atoms with Crippen LogP contribution in [0.4, 0.5) is 26.3 Å². The summed E-state index contributed by atoms with van der Waals surface area (Å²) in [5, 5.41) is 0. The van der Waals surface area contributed by atoms with E-state index in [0.29, 0.717) is 0 Å². The molecule has 0 aliphatic carbocycles. The van der Waals surface area contributed by atoms with E-state index < -0.39 is 70.3 Å². The third kappa shape index (κ3) is 2.97. The number of benzene rings is 2. The molecule has 0 aliphatic rings. The van der Waals surface area contributed by atoms with Gasteiger partial charge in [-0.2, -0.15) is 16.8 Å². The van der Waals surface area contributed by atoms with Crippen LogP contribution in [0.5, 0.6) is 0 Å².